The van der Waals surface area contributed by atoms with Crippen molar-refractivity contribution in [2.45, 2.75) is 271 Å². The molecule has 0 amide bonds. The highest BCUT2D eigenvalue weighted by Gasteiger charge is 2.19. The lowest BCUT2D eigenvalue weighted by Crippen LogP contribution is -2.30. The molecule has 0 rings (SSSR count). The van der Waals surface area contributed by atoms with Crippen molar-refractivity contribution in [3.8, 4) is 0 Å². The Bertz CT molecular complexity index is 1230. The van der Waals surface area contributed by atoms with Crippen LogP contribution in [0, 0.1) is 0 Å². The van der Waals surface area contributed by atoms with Gasteiger partial charge in [0.1, 0.15) is 13.2 Å². The molecule has 0 N–H and O–H groups in total. The average molecular weight is 907 g/mol. The smallest absolute Gasteiger partial charge is 0.306 e. The fourth-order valence-corrected chi connectivity index (χ4v) is 7.47. The molecule has 0 aromatic heterocycles. The zero-order chi connectivity index (χ0) is 47.2. The molecule has 0 aliphatic heterocycles. The molecule has 65 heavy (non-hydrogen) atoms. The second-order valence-corrected chi connectivity index (χ2v) is 18.1. The van der Waals surface area contributed by atoms with Crippen molar-refractivity contribution >= 4 is 17.9 Å². The van der Waals surface area contributed by atoms with Crippen LogP contribution in [0.25, 0.3) is 0 Å². The van der Waals surface area contributed by atoms with E-state index in [1.54, 1.807) is 0 Å². The van der Waals surface area contributed by atoms with Gasteiger partial charge in [-0.1, -0.05) is 203 Å². The van der Waals surface area contributed by atoms with Crippen molar-refractivity contribution in [3.63, 3.8) is 0 Å². The number of carbonyl (C=O) groups is 3. The molecule has 1 atom stereocenters. The zero-order valence-corrected chi connectivity index (χ0v) is 42.7. The molecule has 0 spiro atoms. The Labute approximate surface area is 402 Å². The van der Waals surface area contributed by atoms with Crippen molar-refractivity contribution in [1.29, 1.82) is 0 Å². The summed E-state index contributed by atoms with van der Waals surface area (Å²) < 4.78 is 16.8. The minimum Gasteiger partial charge on any atom is -0.462 e. The lowest BCUT2D eigenvalue weighted by molar-refractivity contribution is -0.167. The van der Waals surface area contributed by atoms with E-state index in [0.717, 1.165) is 83.5 Å². The number of allylic oxidation sites excluding steroid dienone is 12. The first-order valence-corrected chi connectivity index (χ1v) is 27.4. The molecule has 0 bridgehead atoms. The van der Waals surface area contributed by atoms with Gasteiger partial charge in [0, 0.05) is 19.3 Å². The molecular formula is C59H102O6. The molecule has 0 aliphatic carbocycles. The molecule has 0 heterocycles. The Kier molecular flexibility index (Phi) is 50.9. The van der Waals surface area contributed by atoms with Crippen LogP contribution in [0.1, 0.15) is 265 Å². The summed E-state index contributed by atoms with van der Waals surface area (Å²) in [6, 6.07) is 0. The summed E-state index contributed by atoms with van der Waals surface area (Å²) in [5, 5.41) is 0. The Morgan fingerprint density at radius 1 is 0.308 bits per heavy atom. The van der Waals surface area contributed by atoms with Crippen LogP contribution in [0.5, 0.6) is 0 Å². The number of hydrogen-bond donors (Lipinski definition) is 0. The van der Waals surface area contributed by atoms with Crippen LogP contribution in [0.4, 0.5) is 0 Å². The first-order chi connectivity index (χ1) is 32.0. The number of hydrogen-bond acceptors (Lipinski definition) is 6. The highest BCUT2D eigenvalue weighted by atomic mass is 16.6. The molecule has 0 saturated heterocycles. The molecular weight excluding hydrogens is 805 g/mol. The van der Waals surface area contributed by atoms with Crippen molar-refractivity contribution in [2.24, 2.45) is 0 Å². The standard InChI is InChI=1S/C59H102O6/c1-4-7-10-13-16-19-22-25-28-29-32-34-37-40-43-46-49-52-58(61)64-55-56(65-59(62)53-50-47-44-41-38-35-31-27-24-21-18-15-12-9-6-3)54-63-57(60)51-48-45-42-39-36-33-30-26-23-20-17-14-11-8-5-2/h16,18-19,21,25-28,30-31,38,41,56H,4-15,17,20,22-24,29,32-37,39-40,42-55H2,1-3H3/b19-16-,21-18-,28-25-,30-26-,31-27-,41-38-/t56-/m1/s1. The van der Waals surface area contributed by atoms with E-state index in [1.807, 2.05) is 0 Å². The van der Waals surface area contributed by atoms with E-state index < -0.39 is 6.10 Å². The summed E-state index contributed by atoms with van der Waals surface area (Å²) in [6.07, 6.45) is 67.4. The van der Waals surface area contributed by atoms with Crippen molar-refractivity contribution in [2.75, 3.05) is 13.2 Å². The summed E-state index contributed by atoms with van der Waals surface area (Å²) in [6.45, 7) is 6.54. The average Bonchev–Trinajstić information content (AvgIpc) is 3.30. The molecule has 374 valence electrons. The van der Waals surface area contributed by atoms with Gasteiger partial charge in [-0.25, -0.2) is 0 Å². The van der Waals surface area contributed by atoms with Crippen molar-refractivity contribution in [3.05, 3.63) is 72.9 Å². The molecule has 0 fully saturated rings. The second-order valence-electron chi connectivity index (χ2n) is 18.1. The van der Waals surface area contributed by atoms with Gasteiger partial charge in [-0.15, -0.1) is 0 Å². The number of unbranched alkanes of at least 4 members (excludes halogenated alkanes) is 26. The van der Waals surface area contributed by atoms with E-state index >= 15 is 0 Å². The maximum Gasteiger partial charge on any atom is 0.306 e. The van der Waals surface area contributed by atoms with Crippen LogP contribution in [0.2, 0.25) is 0 Å². The first-order valence-electron chi connectivity index (χ1n) is 27.4. The van der Waals surface area contributed by atoms with Crippen LogP contribution in [-0.2, 0) is 28.6 Å². The molecule has 0 aromatic rings. The quantitative estimate of drug-likeness (QED) is 0.0262. The fraction of sp³-hybridized carbons (Fsp3) is 0.746. The van der Waals surface area contributed by atoms with Gasteiger partial charge in [0.2, 0.25) is 0 Å². The van der Waals surface area contributed by atoms with E-state index in [2.05, 4.69) is 93.7 Å². The number of ether oxygens (including phenoxy) is 3. The van der Waals surface area contributed by atoms with Gasteiger partial charge in [-0.2, -0.15) is 0 Å². The van der Waals surface area contributed by atoms with Crippen LogP contribution in [-0.4, -0.2) is 37.2 Å². The maximum absolute atomic E-state index is 12.8. The normalized spacial score (nSPS) is 12.6. The predicted octanol–water partition coefficient (Wildman–Crippen LogP) is 18.2. The third-order valence-electron chi connectivity index (χ3n) is 11.7. The first kappa shape index (κ1) is 61.9. The molecule has 6 nitrogen and oxygen atoms in total. The van der Waals surface area contributed by atoms with E-state index in [9.17, 15) is 14.4 Å². The van der Waals surface area contributed by atoms with Gasteiger partial charge in [-0.3, -0.25) is 14.4 Å². The maximum atomic E-state index is 12.8. The topological polar surface area (TPSA) is 78.9 Å². The minimum atomic E-state index is -0.802. The zero-order valence-electron chi connectivity index (χ0n) is 42.7. The van der Waals surface area contributed by atoms with Gasteiger partial charge in [0.15, 0.2) is 6.10 Å². The predicted molar refractivity (Wildman–Crippen MR) is 279 cm³/mol. The monoisotopic (exact) mass is 907 g/mol. The number of esters is 3. The molecule has 0 aromatic carbocycles. The third-order valence-corrected chi connectivity index (χ3v) is 11.7. The summed E-state index contributed by atoms with van der Waals surface area (Å²) in [7, 11) is 0. The number of rotatable bonds is 49. The molecule has 0 aliphatic rings. The van der Waals surface area contributed by atoms with E-state index in [-0.39, 0.29) is 37.5 Å². The number of carbonyl (C=O) groups excluding carboxylic acids is 3. The van der Waals surface area contributed by atoms with Crippen LogP contribution in [0.3, 0.4) is 0 Å². The Balaban J connectivity index is 4.46. The highest BCUT2D eigenvalue weighted by Crippen LogP contribution is 2.14. The second kappa shape index (κ2) is 53.5. The Morgan fingerprint density at radius 3 is 0.938 bits per heavy atom. The Hall–Kier alpha value is -3.15. The van der Waals surface area contributed by atoms with Gasteiger partial charge in [-0.05, 0) is 116 Å². The summed E-state index contributed by atoms with van der Waals surface area (Å²) in [5.74, 6) is -0.947. The van der Waals surface area contributed by atoms with E-state index in [0.29, 0.717) is 19.3 Å². The summed E-state index contributed by atoms with van der Waals surface area (Å²) >= 11 is 0. The fourth-order valence-electron chi connectivity index (χ4n) is 7.47. The Morgan fingerprint density at radius 2 is 0.554 bits per heavy atom. The van der Waals surface area contributed by atoms with E-state index in [4.69, 9.17) is 14.2 Å². The van der Waals surface area contributed by atoms with Crippen molar-refractivity contribution < 1.29 is 28.6 Å². The molecule has 0 saturated carbocycles. The summed E-state index contributed by atoms with van der Waals surface area (Å²) in [4.78, 5) is 38.1. The highest BCUT2D eigenvalue weighted by molar-refractivity contribution is 5.71. The SMILES string of the molecule is CCCCC/C=C\C/C=C\C/C=C\CCCCC(=O)O[C@H](COC(=O)CCCCCCC/C=C\CCCCCCCC)COC(=O)CCCCCCCCC/C=C\C/C=C\CCCCC. The van der Waals surface area contributed by atoms with Crippen LogP contribution >= 0.6 is 0 Å². The van der Waals surface area contributed by atoms with Gasteiger partial charge >= 0.3 is 17.9 Å². The summed E-state index contributed by atoms with van der Waals surface area (Å²) in [5.41, 5.74) is 0. The molecule has 0 unspecified atom stereocenters. The van der Waals surface area contributed by atoms with Crippen molar-refractivity contribution in [1.82, 2.24) is 0 Å². The lowest BCUT2D eigenvalue weighted by Gasteiger charge is -2.18. The van der Waals surface area contributed by atoms with Crippen LogP contribution < -0.4 is 0 Å². The molecule has 0 radical (unpaired) electrons. The third kappa shape index (κ3) is 51.7. The van der Waals surface area contributed by atoms with Gasteiger partial charge in [0.25, 0.3) is 0 Å². The van der Waals surface area contributed by atoms with Crippen LogP contribution in [0.15, 0.2) is 72.9 Å². The minimum absolute atomic E-state index is 0.0974. The largest absolute Gasteiger partial charge is 0.462 e. The molecule has 6 heteroatoms. The van der Waals surface area contributed by atoms with E-state index in [1.165, 1.54) is 135 Å². The lowest BCUT2D eigenvalue weighted by atomic mass is 10.1. The van der Waals surface area contributed by atoms with Gasteiger partial charge in [0.05, 0.1) is 0 Å². The van der Waals surface area contributed by atoms with Gasteiger partial charge < -0.3 is 14.2 Å².